The van der Waals surface area contributed by atoms with E-state index in [-0.39, 0.29) is 12.5 Å². The van der Waals surface area contributed by atoms with Gasteiger partial charge in [-0.1, -0.05) is 264 Å². The zero-order chi connectivity index (χ0) is 55.8. The molecule has 440 valence electrons. The number of aliphatic hydroxyl groups excluding tert-OH is 5. The molecule has 9 nitrogen and oxygen atoms in total. The molecule has 1 heterocycles. The summed E-state index contributed by atoms with van der Waals surface area (Å²) in [4.78, 5) is 13.1. The zero-order valence-corrected chi connectivity index (χ0v) is 48.9. The van der Waals surface area contributed by atoms with Gasteiger partial charge >= 0.3 is 0 Å². The van der Waals surface area contributed by atoms with E-state index in [2.05, 4.69) is 129 Å². The summed E-state index contributed by atoms with van der Waals surface area (Å²) in [5, 5.41) is 54.6. The van der Waals surface area contributed by atoms with Crippen LogP contribution in [0.4, 0.5) is 0 Å². The second kappa shape index (κ2) is 55.9. The smallest absolute Gasteiger partial charge is 0.220 e. The standard InChI is InChI=1S/C68H115NO8/c1-3-5-7-9-11-13-15-17-19-21-23-25-27-29-30-31-32-34-36-38-40-42-44-46-48-50-52-54-56-58-64(72)69-61(60-76-68-67(75)66(74)65(73)63(59-70)77-68)62(71)57-55-53-51-49-47-45-43-41-39-37-35-33-28-26-24-22-20-18-16-14-12-10-8-6-4-2/h5,7,11,13,17,19,23,25,29-30,32,34,38,40,44,46-47,49,55,57,61-63,65-68,70-71,73-75H,3-4,6,8-10,12,14-16,18,20-22,24,26-28,31,33,35-37,39,41-43,45,48,50-54,56,58-60H2,1-2H3,(H,69,72)/b7-5-,13-11-,19-17-,25-23-,30-29-,34-32-,40-38-,46-44-,49-47+,57-55+. The quantitative estimate of drug-likeness (QED) is 0.0261. The lowest BCUT2D eigenvalue weighted by atomic mass is 9.99. The number of rotatable bonds is 52. The Morgan fingerprint density at radius 2 is 0.818 bits per heavy atom. The van der Waals surface area contributed by atoms with Crippen LogP contribution in [-0.2, 0) is 14.3 Å². The molecule has 1 aliphatic rings. The van der Waals surface area contributed by atoms with Crippen LogP contribution >= 0.6 is 0 Å². The monoisotopic (exact) mass is 1070 g/mol. The fourth-order valence-corrected chi connectivity index (χ4v) is 9.13. The minimum atomic E-state index is -1.59. The lowest BCUT2D eigenvalue weighted by Gasteiger charge is -2.40. The number of aliphatic hydroxyl groups is 5. The molecule has 0 aromatic rings. The number of hydrogen-bond donors (Lipinski definition) is 6. The van der Waals surface area contributed by atoms with Gasteiger partial charge in [-0.2, -0.15) is 0 Å². The highest BCUT2D eigenvalue weighted by Gasteiger charge is 2.44. The Kier molecular flexibility index (Phi) is 52.0. The number of amides is 1. The number of carbonyl (C=O) groups is 1. The number of hydrogen-bond acceptors (Lipinski definition) is 8. The van der Waals surface area contributed by atoms with Crippen LogP contribution in [0.2, 0.25) is 0 Å². The van der Waals surface area contributed by atoms with E-state index in [1.165, 1.54) is 122 Å². The highest BCUT2D eigenvalue weighted by atomic mass is 16.7. The van der Waals surface area contributed by atoms with E-state index in [1.54, 1.807) is 6.08 Å². The SMILES string of the molecule is CC/C=C\C/C=C\C/C=C\C/C=C\C/C=C\C/C=C\C/C=C\C/C=C\CCCCCCC(=O)NC(COC1OC(CO)C(O)C(O)C1O)C(O)/C=C/CC/C=C/CCCCCCCCCCCCCCCCCCCCC. The summed E-state index contributed by atoms with van der Waals surface area (Å²) < 4.78 is 11.3. The molecule has 0 aromatic heterocycles. The Hall–Kier alpha value is -3.41. The average Bonchev–Trinajstić information content (AvgIpc) is 3.43. The maximum atomic E-state index is 13.1. The Balaban J connectivity index is 2.27. The molecule has 7 atom stereocenters. The van der Waals surface area contributed by atoms with Gasteiger partial charge in [0.1, 0.15) is 24.4 Å². The molecule has 77 heavy (non-hydrogen) atoms. The second-order valence-electron chi connectivity index (χ2n) is 21.1. The maximum absolute atomic E-state index is 13.1. The summed E-state index contributed by atoms with van der Waals surface area (Å²) in [5.41, 5.74) is 0. The molecule has 1 aliphatic heterocycles. The fourth-order valence-electron chi connectivity index (χ4n) is 9.13. The lowest BCUT2D eigenvalue weighted by molar-refractivity contribution is -0.302. The molecule has 9 heteroatoms. The van der Waals surface area contributed by atoms with E-state index in [4.69, 9.17) is 9.47 Å². The molecule has 7 unspecified atom stereocenters. The molecule has 0 spiro atoms. The van der Waals surface area contributed by atoms with Crippen molar-refractivity contribution in [2.75, 3.05) is 13.2 Å². The first kappa shape index (κ1) is 71.6. The van der Waals surface area contributed by atoms with Crippen molar-refractivity contribution in [2.45, 2.75) is 288 Å². The highest BCUT2D eigenvalue weighted by Crippen LogP contribution is 2.23. The topological polar surface area (TPSA) is 149 Å². The molecule has 0 radical (unpaired) electrons. The molecular weight excluding hydrogens is 959 g/mol. The summed E-state index contributed by atoms with van der Waals surface area (Å²) in [6.07, 6.45) is 77.0. The lowest BCUT2D eigenvalue weighted by Crippen LogP contribution is -2.60. The van der Waals surface area contributed by atoms with Crippen molar-refractivity contribution in [3.05, 3.63) is 122 Å². The molecule has 1 saturated heterocycles. The molecular formula is C68H115NO8. The first-order chi connectivity index (χ1) is 37.8. The Morgan fingerprint density at radius 3 is 1.25 bits per heavy atom. The van der Waals surface area contributed by atoms with Crippen molar-refractivity contribution in [3.63, 3.8) is 0 Å². The van der Waals surface area contributed by atoms with E-state index in [0.717, 1.165) is 96.3 Å². The summed E-state index contributed by atoms with van der Waals surface area (Å²) in [7, 11) is 0. The van der Waals surface area contributed by atoms with Crippen LogP contribution in [0.1, 0.15) is 245 Å². The normalized spacial score (nSPS) is 19.6. The Labute approximate surface area is 471 Å². The minimum absolute atomic E-state index is 0.215. The number of unbranched alkanes of at least 4 members (excludes halogenated alkanes) is 24. The van der Waals surface area contributed by atoms with Gasteiger partial charge in [-0.05, 0) is 96.3 Å². The number of carbonyl (C=O) groups excluding carboxylic acids is 1. The minimum Gasteiger partial charge on any atom is -0.394 e. The van der Waals surface area contributed by atoms with Crippen LogP contribution in [0.3, 0.4) is 0 Å². The van der Waals surface area contributed by atoms with Crippen molar-refractivity contribution in [1.82, 2.24) is 5.32 Å². The fraction of sp³-hybridized carbons (Fsp3) is 0.691. The first-order valence-electron chi connectivity index (χ1n) is 31.3. The van der Waals surface area contributed by atoms with Gasteiger partial charge in [0.05, 0.1) is 25.4 Å². The van der Waals surface area contributed by atoms with Gasteiger partial charge in [0.15, 0.2) is 6.29 Å². The van der Waals surface area contributed by atoms with Gasteiger partial charge in [0.2, 0.25) is 5.91 Å². The van der Waals surface area contributed by atoms with E-state index in [1.807, 2.05) is 6.08 Å². The van der Waals surface area contributed by atoms with Gasteiger partial charge in [-0.15, -0.1) is 0 Å². The molecule has 0 saturated carbocycles. The summed E-state index contributed by atoms with van der Waals surface area (Å²) >= 11 is 0. The van der Waals surface area contributed by atoms with Crippen LogP contribution in [0.5, 0.6) is 0 Å². The van der Waals surface area contributed by atoms with E-state index >= 15 is 0 Å². The number of allylic oxidation sites excluding steroid dienone is 19. The van der Waals surface area contributed by atoms with Gasteiger partial charge in [-0.25, -0.2) is 0 Å². The summed E-state index contributed by atoms with van der Waals surface area (Å²) in [6.45, 7) is 3.64. The van der Waals surface area contributed by atoms with E-state index in [0.29, 0.717) is 12.8 Å². The third-order valence-electron chi connectivity index (χ3n) is 14.0. The molecule has 0 bridgehead atoms. The maximum Gasteiger partial charge on any atom is 0.220 e. The van der Waals surface area contributed by atoms with Crippen molar-refractivity contribution in [3.8, 4) is 0 Å². The van der Waals surface area contributed by atoms with Crippen molar-refractivity contribution < 1.29 is 39.8 Å². The van der Waals surface area contributed by atoms with Crippen LogP contribution in [0, 0.1) is 0 Å². The molecule has 0 aliphatic carbocycles. The molecule has 1 amide bonds. The zero-order valence-electron chi connectivity index (χ0n) is 48.9. The summed E-state index contributed by atoms with van der Waals surface area (Å²) in [5.74, 6) is -0.215. The Bertz CT molecular complexity index is 1620. The van der Waals surface area contributed by atoms with Crippen molar-refractivity contribution in [1.29, 1.82) is 0 Å². The number of ether oxygens (including phenoxy) is 2. The van der Waals surface area contributed by atoms with Crippen LogP contribution in [-0.4, -0.2) is 87.5 Å². The van der Waals surface area contributed by atoms with Gasteiger partial charge < -0.3 is 40.3 Å². The highest BCUT2D eigenvalue weighted by molar-refractivity contribution is 5.76. The average molecular weight is 1070 g/mol. The molecule has 1 fully saturated rings. The van der Waals surface area contributed by atoms with Gasteiger partial charge in [-0.3, -0.25) is 4.79 Å². The summed E-state index contributed by atoms with van der Waals surface area (Å²) in [6, 6.07) is -0.846. The first-order valence-corrected chi connectivity index (χ1v) is 31.3. The van der Waals surface area contributed by atoms with Gasteiger partial charge in [0.25, 0.3) is 0 Å². The largest absolute Gasteiger partial charge is 0.394 e. The van der Waals surface area contributed by atoms with Crippen LogP contribution in [0.25, 0.3) is 0 Å². The van der Waals surface area contributed by atoms with Crippen molar-refractivity contribution >= 4 is 5.91 Å². The predicted octanol–water partition coefficient (Wildman–Crippen LogP) is 16.3. The van der Waals surface area contributed by atoms with Crippen LogP contribution in [0.15, 0.2) is 122 Å². The molecule has 1 rings (SSSR count). The van der Waals surface area contributed by atoms with E-state index < -0.39 is 49.5 Å². The molecule has 6 N–H and O–H groups in total. The third-order valence-corrected chi connectivity index (χ3v) is 14.0. The molecule has 0 aromatic carbocycles. The Morgan fingerprint density at radius 1 is 0.455 bits per heavy atom. The van der Waals surface area contributed by atoms with Gasteiger partial charge in [0, 0.05) is 6.42 Å². The van der Waals surface area contributed by atoms with E-state index in [9.17, 15) is 30.3 Å². The second-order valence-corrected chi connectivity index (χ2v) is 21.1. The van der Waals surface area contributed by atoms with Crippen molar-refractivity contribution in [2.24, 2.45) is 0 Å². The number of nitrogens with one attached hydrogen (secondary N) is 1. The third kappa shape index (κ3) is 45.1. The van der Waals surface area contributed by atoms with Crippen LogP contribution < -0.4 is 5.32 Å². The predicted molar refractivity (Wildman–Crippen MR) is 327 cm³/mol.